The number of aliphatic carboxylic acids is 1. The molecule has 0 spiro atoms. The summed E-state index contributed by atoms with van der Waals surface area (Å²) in [6.07, 6.45) is 101. The quantitative estimate of drug-likeness (QED) is 0.0195. The highest BCUT2D eigenvalue weighted by Gasteiger charge is 2.22. The van der Waals surface area contributed by atoms with E-state index in [1.807, 2.05) is 21.1 Å². The monoisotopic (exact) mass is 1350 g/mol. The zero-order valence-electron chi connectivity index (χ0n) is 64.5. The lowest BCUT2D eigenvalue weighted by Crippen LogP contribution is -2.44. The maximum Gasteiger partial charge on any atom is 0.306 e. The first kappa shape index (κ1) is 93.0. The Morgan fingerprint density at radius 1 is 0.323 bits per heavy atom. The summed E-state index contributed by atoms with van der Waals surface area (Å²) in [6.45, 7) is 4.71. The maximum absolute atomic E-state index is 13.0. The van der Waals surface area contributed by atoms with Crippen LogP contribution in [-0.2, 0) is 33.3 Å². The Hall–Kier alpha value is -3.01. The van der Waals surface area contributed by atoms with E-state index in [-0.39, 0.29) is 32.2 Å². The fourth-order valence-electron chi connectivity index (χ4n) is 12.7. The molecule has 0 rings (SSSR count). The van der Waals surface area contributed by atoms with Crippen LogP contribution in [0, 0.1) is 0 Å². The smallest absolute Gasteiger partial charge is 0.306 e. The third-order valence-electron chi connectivity index (χ3n) is 19.0. The average molecular weight is 1350 g/mol. The first-order chi connectivity index (χ1) is 47.1. The number of carboxylic acid groups (broad SMARTS) is 1. The summed E-state index contributed by atoms with van der Waals surface area (Å²) in [5.41, 5.74) is 0. The van der Waals surface area contributed by atoms with E-state index in [0.717, 1.165) is 70.6 Å². The number of hydrogen-bond acceptors (Lipinski definition) is 8. The van der Waals surface area contributed by atoms with Crippen LogP contribution in [0.4, 0.5) is 0 Å². The van der Waals surface area contributed by atoms with Gasteiger partial charge in [0.2, 0.25) is 0 Å². The van der Waals surface area contributed by atoms with Crippen LogP contribution >= 0.6 is 0 Å². The van der Waals surface area contributed by atoms with E-state index in [1.165, 1.54) is 321 Å². The standard InChI is InChI=1S/C87H161NO8/c1-6-8-10-12-14-16-18-20-22-24-26-28-30-32-34-36-38-40-42-43-44-46-48-50-52-54-56-58-60-62-64-66-68-70-72-74-76-78-85(90)96-83(82-95-87(86(91)92)93-80-79-88(3,4)5)81-94-84(89)77-75-73-71-69-67-65-63-61-59-57-55-53-51-49-47-45-41-39-37-35-33-31-29-27-25-23-21-19-17-15-13-11-9-7-2/h8,10,14,16,20,22,26,28,32,34,83,87H,6-7,9,11-13,15,17-19,21,23-25,27,29-31,33,35-82H2,1-5H3/b10-8-,16-14-,22-20-,28-26-,34-32-. The zero-order valence-corrected chi connectivity index (χ0v) is 64.5. The molecule has 562 valence electrons. The van der Waals surface area contributed by atoms with Gasteiger partial charge in [-0.15, -0.1) is 0 Å². The molecule has 0 fully saturated rings. The number of ether oxygens (including phenoxy) is 4. The van der Waals surface area contributed by atoms with Gasteiger partial charge in [-0.05, 0) is 57.8 Å². The minimum absolute atomic E-state index is 0.150. The number of likely N-dealkylation sites (N-methyl/N-ethyl adjacent to an activating group) is 1. The summed E-state index contributed by atoms with van der Waals surface area (Å²) in [6, 6.07) is 0. The molecule has 9 nitrogen and oxygen atoms in total. The van der Waals surface area contributed by atoms with Gasteiger partial charge in [-0.1, -0.05) is 408 Å². The molecule has 0 aromatic carbocycles. The number of allylic oxidation sites excluding steroid dienone is 10. The lowest BCUT2D eigenvalue weighted by molar-refractivity contribution is -0.870. The van der Waals surface area contributed by atoms with E-state index in [2.05, 4.69) is 74.6 Å². The van der Waals surface area contributed by atoms with Gasteiger partial charge >= 0.3 is 11.9 Å². The lowest BCUT2D eigenvalue weighted by atomic mass is 10.0. The number of nitrogens with zero attached hydrogens (tertiary/aromatic N) is 1. The summed E-state index contributed by atoms with van der Waals surface area (Å²) in [5, 5.41) is 11.9. The largest absolute Gasteiger partial charge is 0.545 e. The SMILES string of the molecule is CC/C=C\C/C=C\C/C=C\C/C=C\C/C=C\CCCCCCCCCCCCCCCCCCCCCCCC(=O)OC(COC(=O)CCCCCCCCCCCCCCCCCCCCCCCCCCCCCCCCCCCC)COC(OCC[N+](C)(C)C)C(=O)[O-]. The molecule has 0 heterocycles. The van der Waals surface area contributed by atoms with Gasteiger partial charge in [0.25, 0.3) is 0 Å². The molecule has 0 aliphatic rings. The van der Waals surface area contributed by atoms with E-state index in [0.29, 0.717) is 17.4 Å². The number of carbonyl (C=O) groups is 3. The van der Waals surface area contributed by atoms with Crippen molar-refractivity contribution < 1.29 is 42.9 Å². The summed E-state index contributed by atoms with van der Waals surface area (Å²) in [5.74, 6) is -2.25. The van der Waals surface area contributed by atoms with Crippen molar-refractivity contribution in [2.75, 3.05) is 47.5 Å². The molecular weight excluding hydrogens is 1190 g/mol. The van der Waals surface area contributed by atoms with E-state index in [9.17, 15) is 19.5 Å². The van der Waals surface area contributed by atoms with Gasteiger partial charge in [0, 0.05) is 12.8 Å². The number of quaternary nitrogens is 1. The van der Waals surface area contributed by atoms with Crippen LogP contribution in [0.2, 0.25) is 0 Å². The molecule has 0 saturated heterocycles. The minimum atomic E-state index is -1.62. The summed E-state index contributed by atoms with van der Waals surface area (Å²) >= 11 is 0. The second-order valence-corrected chi connectivity index (χ2v) is 29.8. The molecule has 0 aliphatic carbocycles. The van der Waals surface area contributed by atoms with Crippen LogP contribution in [0.1, 0.15) is 418 Å². The first-order valence-corrected chi connectivity index (χ1v) is 41.9. The molecule has 0 radical (unpaired) electrons. The highest BCUT2D eigenvalue weighted by atomic mass is 16.7. The molecule has 0 aromatic heterocycles. The number of esters is 2. The Labute approximate surface area is 596 Å². The Kier molecular flexibility index (Phi) is 75.3. The molecule has 0 amide bonds. The molecule has 0 bridgehead atoms. The van der Waals surface area contributed by atoms with Crippen molar-refractivity contribution in [1.82, 2.24) is 0 Å². The Bertz CT molecular complexity index is 1760. The van der Waals surface area contributed by atoms with E-state index in [4.69, 9.17) is 18.9 Å². The topological polar surface area (TPSA) is 111 Å². The van der Waals surface area contributed by atoms with Gasteiger partial charge in [0.15, 0.2) is 12.4 Å². The Morgan fingerprint density at radius 3 is 0.885 bits per heavy atom. The molecule has 0 aromatic rings. The first-order valence-electron chi connectivity index (χ1n) is 41.9. The van der Waals surface area contributed by atoms with Gasteiger partial charge in [-0.3, -0.25) is 9.59 Å². The number of rotatable bonds is 79. The van der Waals surface area contributed by atoms with E-state index < -0.39 is 24.3 Å². The second-order valence-electron chi connectivity index (χ2n) is 29.8. The van der Waals surface area contributed by atoms with Gasteiger partial charge in [0.05, 0.1) is 40.3 Å². The average Bonchev–Trinajstić information content (AvgIpc) is 2.74. The van der Waals surface area contributed by atoms with Gasteiger partial charge < -0.3 is 33.3 Å². The fourth-order valence-corrected chi connectivity index (χ4v) is 12.7. The summed E-state index contributed by atoms with van der Waals surface area (Å²) < 4.78 is 22.9. The van der Waals surface area contributed by atoms with Crippen LogP contribution in [0.25, 0.3) is 0 Å². The zero-order chi connectivity index (χ0) is 69.7. The van der Waals surface area contributed by atoms with Gasteiger partial charge in [0.1, 0.15) is 13.2 Å². The van der Waals surface area contributed by atoms with Crippen molar-refractivity contribution in [2.45, 2.75) is 431 Å². The Balaban J connectivity index is 3.95. The molecule has 2 unspecified atom stereocenters. The lowest BCUT2D eigenvalue weighted by Gasteiger charge is -2.26. The Morgan fingerprint density at radius 2 is 0.594 bits per heavy atom. The van der Waals surface area contributed by atoms with Crippen molar-refractivity contribution in [3.8, 4) is 0 Å². The molecule has 9 heteroatoms. The van der Waals surface area contributed by atoms with Crippen LogP contribution < -0.4 is 5.11 Å². The highest BCUT2D eigenvalue weighted by Crippen LogP contribution is 2.20. The predicted octanol–water partition coefficient (Wildman–Crippen LogP) is 25.7. The van der Waals surface area contributed by atoms with Crippen LogP contribution in [0.3, 0.4) is 0 Å². The molecule has 0 aliphatic heterocycles. The fraction of sp³-hybridized carbons (Fsp3) is 0.851. The van der Waals surface area contributed by atoms with Crippen molar-refractivity contribution in [1.29, 1.82) is 0 Å². The van der Waals surface area contributed by atoms with Crippen molar-refractivity contribution in [3.63, 3.8) is 0 Å². The second kappa shape index (κ2) is 77.7. The molecular formula is C87H161NO8. The van der Waals surface area contributed by atoms with Crippen molar-refractivity contribution >= 4 is 17.9 Å². The van der Waals surface area contributed by atoms with Gasteiger partial charge in [-0.25, -0.2) is 0 Å². The van der Waals surface area contributed by atoms with Crippen molar-refractivity contribution in [3.05, 3.63) is 60.8 Å². The molecule has 96 heavy (non-hydrogen) atoms. The van der Waals surface area contributed by atoms with Crippen LogP contribution in [0.15, 0.2) is 60.8 Å². The third-order valence-corrected chi connectivity index (χ3v) is 19.0. The van der Waals surface area contributed by atoms with Crippen LogP contribution in [0.5, 0.6) is 0 Å². The predicted molar refractivity (Wildman–Crippen MR) is 412 cm³/mol. The number of carboxylic acids is 1. The molecule has 2 atom stereocenters. The molecule has 0 N–H and O–H groups in total. The minimum Gasteiger partial charge on any atom is -0.545 e. The number of unbranched alkanes of at least 4 members (excludes halogenated alkanes) is 54. The molecule has 0 saturated carbocycles. The van der Waals surface area contributed by atoms with Crippen molar-refractivity contribution in [2.24, 2.45) is 0 Å². The number of hydrogen-bond donors (Lipinski definition) is 0. The highest BCUT2D eigenvalue weighted by molar-refractivity contribution is 5.70. The normalized spacial score (nSPS) is 12.9. The van der Waals surface area contributed by atoms with Crippen LogP contribution in [-0.4, -0.2) is 82.3 Å². The van der Waals surface area contributed by atoms with Gasteiger partial charge in [-0.2, -0.15) is 0 Å². The summed E-state index contributed by atoms with van der Waals surface area (Å²) in [4.78, 5) is 37.6. The van der Waals surface area contributed by atoms with E-state index >= 15 is 0 Å². The summed E-state index contributed by atoms with van der Waals surface area (Å²) in [7, 11) is 5.95. The number of carbonyl (C=O) groups excluding carboxylic acids is 3. The third kappa shape index (κ3) is 78.3. The maximum atomic E-state index is 13.0. The van der Waals surface area contributed by atoms with E-state index in [1.54, 1.807) is 0 Å².